The smallest absolute Gasteiger partial charge is 0.337 e. The van der Waals surface area contributed by atoms with Crippen molar-refractivity contribution in [1.29, 1.82) is 0 Å². The van der Waals surface area contributed by atoms with Gasteiger partial charge in [0.05, 0.1) is 11.3 Å². The number of hydrogen-bond acceptors (Lipinski definition) is 2. The van der Waals surface area contributed by atoms with Gasteiger partial charge in [-0.25, -0.2) is 4.79 Å². The summed E-state index contributed by atoms with van der Waals surface area (Å²) in [5.74, 6) is -1.17. The number of carboxylic acid groups (broad SMARTS) is 1. The summed E-state index contributed by atoms with van der Waals surface area (Å²) in [6, 6.07) is 5.04. The highest BCUT2D eigenvalue weighted by molar-refractivity contribution is 6.01. The third kappa shape index (κ3) is 2.39. The lowest BCUT2D eigenvalue weighted by Crippen LogP contribution is -2.29. The predicted molar refractivity (Wildman–Crippen MR) is 61.8 cm³/mol. The molecule has 4 heteroatoms. The van der Waals surface area contributed by atoms with E-state index >= 15 is 0 Å². The summed E-state index contributed by atoms with van der Waals surface area (Å²) >= 11 is 0. The molecular formula is C12H15NO3. The van der Waals surface area contributed by atoms with Crippen molar-refractivity contribution in [2.45, 2.75) is 20.8 Å². The van der Waals surface area contributed by atoms with Crippen LogP contribution in [-0.4, -0.2) is 23.5 Å². The van der Waals surface area contributed by atoms with E-state index in [1.165, 1.54) is 11.8 Å². The van der Waals surface area contributed by atoms with Gasteiger partial charge in [0.15, 0.2) is 0 Å². The lowest BCUT2D eigenvalue weighted by Gasteiger charge is -2.21. The molecule has 0 saturated carbocycles. The summed E-state index contributed by atoms with van der Waals surface area (Å²) in [6.45, 7) is 5.51. The van der Waals surface area contributed by atoms with E-state index in [2.05, 4.69) is 0 Å². The maximum atomic E-state index is 11.4. The fourth-order valence-corrected chi connectivity index (χ4v) is 1.62. The van der Waals surface area contributed by atoms with E-state index in [4.69, 9.17) is 5.11 Å². The van der Waals surface area contributed by atoms with Crippen LogP contribution < -0.4 is 4.90 Å². The van der Waals surface area contributed by atoms with Crippen LogP contribution >= 0.6 is 0 Å². The van der Waals surface area contributed by atoms with E-state index in [0.717, 1.165) is 5.56 Å². The molecule has 0 saturated heterocycles. The summed E-state index contributed by atoms with van der Waals surface area (Å²) in [5.41, 5.74) is 1.48. The zero-order valence-electron chi connectivity index (χ0n) is 9.65. The lowest BCUT2D eigenvalue weighted by atomic mass is 10.1. The monoisotopic (exact) mass is 221 g/mol. The van der Waals surface area contributed by atoms with E-state index in [-0.39, 0.29) is 11.5 Å². The van der Waals surface area contributed by atoms with Gasteiger partial charge in [0, 0.05) is 13.5 Å². The number of carbonyl (C=O) groups excluding carboxylic acids is 1. The number of anilines is 1. The molecule has 0 heterocycles. The van der Waals surface area contributed by atoms with Crippen molar-refractivity contribution in [3.8, 4) is 0 Å². The Morgan fingerprint density at radius 1 is 1.38 bits per heavy atom. The fraction of sp³-hybridized carbons (Fsp3) is 0.333. The largest absolute Gasteiger partial charge is 0.478 e. The second-order valence-corrected chi connectivity index (χ2v) is 3.59. The Kier molecular flexibility index (Phi) is 3.66. The highest BCUT2D eigenvalue weighted by Crippen LogP contribution is 2.22. The third-order valence-corrected chi connectivity index (χ3v) is 2.37. The van der Waals surface area contributed by atoms with Gasteiger partial charge in [0.2, 0.25) is 5.91 Å². The summed E-state index contributed by atoms with van der Waals surface area (Å²) < 4.78 is 0. The van der Waals surface area contributed by atoms with Crippen molar-refractivity contribution in [2.75, 3.05) is 11.4 Å². The maximum absolute atomic E-state index is 11.4. The van der Waals surface area contributed by atoms with Gasteiger partial charge in [0.25, 0.3) is 0 Å². The van der Waals surface area contributed by atoms with Crippen LogP contribution in [0.4, 0.5) is 5.69 Å². The number of carboxylic acids is 1. The molecule has 0 aliphatic heterocycles. The van der Waals surface area contributed by atoms with Gasteiger partial charge in [-0.3, -0.25) is 4.79 Å². The van der Waals surface area contributed by atoms with Crippen molar-refractivity contribution >= 4 is 17.6 Å². The van der Waals surface area contributed by atoms with Crippen LogP contribution in [0.5, 0.6) is 0 Å². The number of aryl methyl sites for hydroxylation is 1. The Bertz CT molecular complexity index is 426. The van der Waals surface area contributed by atoms with Gasteiger partial charge in [-0.05, 0) is 26.0 Å². The van der Waals surface area contributed by atoms with Crippen LogP contribution in [0.25, 0.3) is 0 Å². The van der Waals surface area contributed by atoms with Crippen molar-refractivity contribution in [1.82, 2.24) is 0 Å². The Labute approximate surface area is 94.5 Å². The zero-order chi connectivity index (χ0) is 12.3. The molecule has 86 valence electrons. The van der Waals surface area contributed by atoms with Crippen molar-refractivity contribution < 1.29 is 14.7 Å². The molecule has 0 aromatic heterocycles. The minimum absolute atomic E-state index is 0.158. The predicted octanol–water partition coefficient (Wildman–Crippen LogP) is 2.07. The molecule has 1 N–H and O–H groups in total. The van der Waals surface area contributed by atoms with Gasteiger partial charge in [-0.15, -0.1) is 0 Å². The van der Waals surface area contributed by atoms with Crippen LogP contribution in [0.2, 0.25) is 0 Å². The lowest BCUT2D eigenvalue weighted by molar-refractivity contribution is -0.116. The minimum Gasteiger partial charge on any atom is -0.478 e. The second-order valence-electron chi connectivity index (χ2n) is 3.59. The number of hydrogen-bond donors (Lipinski definition) is 1. The molecule has 1 aromatic rings. The first-order valence-electron chi connectivity index (χ1n) is 5.09. The number of carbonyl (C=O) groups is 2. The molecule has 0 bridgehead atoms. The van der Waals surface area contributed by atoms with Crippen molar-refractivity contribution in [3.63, 3.8) is 0 Å². The van der Waals surface area contributed by atoms with Gasteiger partial charge >= 0.3 is 5.97 Å². The van der Waals surface area contributed by atoms with Crippen LogP contribution in [-0.2, 0) is 4.79 Å². The molecule has 4 nitrogen and oxygen atoms in total. The highest BCUT2D eigenvalue weighted by Gasteiger charge is 2.17. The van der Waals surface area contributed by atoms with E-state index in [1.807, 2.05) is 13.8 Å². The summed E-state index contributed by atoms with van der Waals surface area (Å²) in [7, 11) is 0. The average molecular weight is 221 g/mol. The molecule has 16 heavy (non-hydrogen) atoms. The normalized spacial score (nSPS) is 9.94. The first-order chi connectivity index (χ1) is 7.47. The Morgan fingerprint density at radius 3 is 2.44 bits per heavy atom. The Hall–Kier alpha value is -1.84. The van der Waals surface area contributed by atoms with Gasteiger partial charge in [0.1, 0.15) is 0 Å². The van der Waals surface area contributed by atoms with Crippen molar-refractivity contribution in [2.24, 2.45) is 0 Å². The van der Waals surface area contributed by atoms with E-state index < -0.39 is 5.97 Å². The van der Waals surface area contributed by atoms with E-state index in [1.54, 1.807) is 18.2 Å². The quantitative estimate of drug-likeness (QED) is 0.850. The van der Waals surface area contributed by atoms with Gasteiger partial charge in [-0.1, -0.05) is 11.6 Å². The van der Waals surface area contributed by atoms with E-state index in [0.29, 0.717) is 12.2 Å². The fourth-order valence-electron chi connectivity index (χ4n) is 1.62. The average Bonchev–Trinajstić information content (AvgIpc) is 2.20. The number of benzene rings is 1. The molecule has 0 fully saturated rings. The molecule has 1 rings (SSSR count). The Balaban J connectivity index is 3.31. The molecule has 0 radical (unpaired) electrons. The molecule has 0 unspecified atom stereocenters. The molecule has 0 atom stereocenters. The van der Waals surface area contributed by atoms with Gasteiger partial charge in [-0.2, -0.15) is 0 Å². The van der Waals surface area contributed by atoms with Crippen molar-refractivity contribution in [3.05, 3.63) is 29.3 Å². The van der Waals surface area contributed by atoms with Crippen LogP contribution in [0, 0.1) is 6.92 Å². The van der Waals surface area contributed by atoms with Gasteiger partial charge < -0.3 is 10.0 Å². The minimum atomic E-state index is -1.02. The number of rotatable bonds is 3. The number of aromatic carboxylic acids is 1. The summed E-state index contributed by atoms with van der Waals surface area (Å²) in [5, 5.41) is 9.08. The Morgan fingerprint density at radius 2 is 2.00 bits per heavy atom. The molecule has 0 aliphatic rings. The standard InChI is InChI=1S/C12H15NO3/c1-4-13(9(3)14)11-6-5-8(2)7-10(11)12(15)16/h5-7H,4H2,1-3H3,(H,15,16). The summed E-state index contributed by atoms with van der Waals surface area (Å²) in [6.07, 6.45) is 0. The maximum Gasteiger partial charge on any atom is 0.337 e. The molecule has 0 aliphatic carbocycles. The second kappa shape index (κ2) is 4.79. The molecule has 1 aromatic carbocycles. The first kappa shape index (κ1) is 12.2. The molecular weight excluding hydrogens is 206 g/mol. The van der Waals surface area contributed by atoms with Crippen LogP contribution in [0.3, 0.4) is 0 Å². The third-order valence-electron chi connectivity index (χ3n) is 2.37. The topological polar surface area (TPSA) is 57.6 Å². The first-order valence-corrected chi connectivity index (χ1v) is 5.09. The number of amides is 1. The SMILES string of the molecule is CCN(C(C)=O)c1ccc(C)cc1C(=O)O. The number of nitrogens with zero attached hydrogens (tertiary/aromatic N) is 1. The van der Waals surface area contributed by atoms with Crippen LogP contribution in [0.15, 0.2) is 18.2 Å². The van der Waals surface area contributed by atoms with Crippen LogP contribution in [0.1, 0.15) is 29.8 Å². The summed E-state index contributed by atoms with van der Waals surface area (Å²) in [4.78, 5) is 23.9. The zero-order valence-corrected chi connectivity index (χ0v) is 9.65. The molecule has 1 amide bonds. The highest BCUT2D eigenvalue weighted by atomic mass is 16.4. The molecule has 0 spiro atoms. The van der Waals surface area contributed by atoms with E-state index in [9.17, 15) is 9.59 Å².